The highest BCUT2D eigenvalue weighted by Gasteiger charge is 2.35. The number of carbonyl (C=O) groups is 1. The monoisotopic (exact) mass is 352 g/mol. The van der Waals surface area contributed by atoms with E-state index in [0.29, 0.717) is 18.7 Å². The van der Waals surface area contributed by atoms with Gasteiger partial charge in [-0.3, -0.25) is 4.79 Å². The molecule has 0 aliphatic carbocycles. The molecule has 6 nitrogen and oxygen atoms in total. The van der Waals surface area contributed by atoms with Crippen LogP contribution in [0.4, 0.5) is 5.69 Å². The number of methoxy groups -OCH3 is 1. The Bertz CT molecular complexity index is 785. The molecule has 23 heavy (non-hydrogen) atoms. The molecule has 1 atom stereocenters. The second-order valence-electron chi connectivity index (χ2n) is 5.08. The molecule has 0 bridgehead atoms. The number of benzene rings is 1. The Hall–Kier alpha value is -1.90. The van der Waals surface area contributed by atoms with Gasteiger partial charge in [0.15, 0.2) is 0 Å². The van der Waals surface area contributed by atoms with Gasteiger partial charge in [-0.15, -0.1) is 11.3 Å². The van der Waals surface area contributed by atoms with Crippen LogP contribution in [0, 0.1) is 0 Å². The summed E-state index contributed by atoms with van der Waals surface area (Å²) >= 11 is 1.13. The van der Waals surface area contributed by atoms with Crippen molar-refractivity contribution in [3.8, 4) is 5.75 Å². The molecular formula is C15H16N2O4S2. The molecule has 1 aromatic carbocycles. The predicted molar refractivity (Wildman–Crippen MR) is 88.4 cm³/mol. The molecule has 1 aromatic heterocycles. The molecule has 1 aliphatic rings. The van der Waals surface area contributed by atoms with E-state index in [9.17, 15) is 13.2 Å². The Morgan fingerprint density at radius 3 is 2.61 bits per heavy atom. The second kappa shape index (κ2) is 6.31. The van der Waals surface area contributed by atoms with E-state index < -0.39 is 16.1 Å². The summed E-state index contributed by atoms with van der Waals surface area (Å²) in [4.78, 5) is 14.1. The first-order valence-electron chi connectivity index (χ1n) is 7.02. The largest absolute Gasteiger partial charge is 0.497 e. The van der Waals surface area contributed by atoms with Crippen LogP contribution in [0.25, 0.3) is 0 Å². The summed E-state index contributed by atoms with van der Waals surface area (Å²) in [6.07, 6.45) is 0.440. The number of nitrogens with zero attached hydrogens (tertiary/aromatic N) is 1. The number of thiophene rings is 1. The number of sulfonamides is 1. The summed E-state index contributed by atoms with van der Waals surface area (Å²) in [5.74, 6) is 0.464. The van der Waals surface area contributed by atoms with Crippen molar-refractivity contribution in [1.29, 1.82) is 0 Å². The topological polar surface area (TPSA) is 75.7 Å². The van der Waals surface area contributed by atoms with Crippen LogP contribution < -0.4 is 14.4 Å². The first-order chi connectivity index (χ1) is 11.0. The lowest BCUT2D eigenvalue weighted by molar-refractivity contribution is -0.118. The van der Waals surface area contributed by atoms with Crippen LogP contribution in [0.2, 0.25) is 0 Å². The van der Waals surface area contributed by atoms with E-state index >= 15 is 0 Å². The summed E-state index contributed by atoms with van der Waals surface area (Å²) in [6.45, 7) is 0.475. The summed E-state index contributed by atoms with van der Waals surface area (Å²) in [5, 5.41) is 1.69. The Balaban J connectivity index is 1.74. The zero-order valence-electron chi connectivity index (χ0n) is 12.4. The number of amides is 1. The smallest absolute Gasteiger partial charge is 0.250 e. The van der Waals surface area contributed by atoms with Crippen molar-refractivity contribution in [3.05, 3.63) is 41.8 Å². The molecule has 2 heterocycles. The van der Waals surface area contributed by atoms with Crippen molar-refractivity contribution >= 4 is 33.0 Å². The molecule has 122 valence electrons. The SMILES string of the molecule is COc1ccc(N2CCC(NS(=O)(=O)c3cccs3)C2=O)cc1. The molecule has 1 amide bonds. The third kappa shape index (κ3) is 3.24. The minimum Gasteiger partial charge on any atom is -0.497 e. The van der Waals surface area contributed by atoms with Crippen molar-refractivity contribution in [2.75, 3.05) is 18.6 Å². The fraction of sp³-hybridized carbons (Fsp3) is 0.267. The minimum atomic E-state index is -3.65. The number of carbonyl (C=O) groups excluding carboxylic acids is 1. The number of rotatable bonds is 5. The number of hydrogen-bond acceptors (Lipinski definition) is 5. The lowest BCUT2D eigenvalue weighted by Gasteiger charge is -2.17. The van der Waals surface area contributed by atoms with Gasteiger partial charge in [-0.1, -0.05) is 6.07 Å². The fourth-order valence-electron chi connectivity index (χ4n) is 2.47. The predicted octanol–water partition coefficient (Wildman–Crippen LogP) is 1.84. The Morgan fingerprint density at radius 2 is 2.00 bits per heavy atom. The first kappa shape index (κ1) is 16.0. The van der Waals surface area contributed by atoms with Crippen LogP contribution in [-0.4, -0.2) is 34.0 Å². The van der Waals surface area contributed by atoms with Crippen LogP contribution in [0.3, 0.4) is 0 Å². The van der Waals surface area contributed by atoms with Crippen LogP contribution in [0.5, 0.6) is 5.75 Å². The van der Waals surface area contributed by atoms with Crippen LogP contribution in [0.15, 0.2) is 46.0 Å². The third-order valence-electron chi connectivity index (χ3n) is 3.65. The zero-order chi connectivity index (χ0) is 16.4. The maximum Gasteiger partial charge on any atom is 0.250 e. The highest BCUT2D eigenvalue weighted by atomic mass is 32.2. The van der Waals surface area contributed by atoms with Gasteiger partial charge >= 0.3 is 0 Å². The van der Waals surface area contributed by atoms with Crippen molar-refractivity contribution in [3.63, 3.8) is 0 Å². The zero-order valence-corrected chi connectivity index (χ0v) is 14.1. The lowest BCUT2D eigenvalue weighted by Crippen LogP contribution is -2.41. The van der Waals surface area contributed by atoms with Crippen molar-refractivity contribution < 1.29 is 17.9 Å². The normalized spacial score (nSPS) is 18.4. The van der Waals surface area contributed by atoms with Gasteiger partial charge in [0, 0.05) is 12.2 Å². The summed E-state index contributed by atoms with van der Waals surface area (Å²) in [7, 11) is -2.07. The first-order valence-corrected chi connectivity index (χ1v) is 9.39. The van der Waals surface area contributed by atoms with E-state index in [-0.39, 0.29) is 10.1 Å². The van der Waals surface area contributed by atoms with Crippen LogP contribution >= 0.6 is 11.3 Å². The lowest BCUT2D eigenvalue weighted by atomic mass is 10.2. The van der Waals surface area contributed by atoms with Gasteiger partial charge in [-0.05, 0) is 42.1 Å². The van der Waals surface area contributed by atoms with Gasteiger partial charge in [0.25, 0.3) is 10.0 Å². The van der Waals surface area contributed by atoms with Gasteiger partial charge in [0.2, 0.25) is 5.91 Å². The Morgan fingerprint density at radius 1 is 1.26 bits per heavy atom. The number of hydrogen-bond donors (Lipinski definition) is 1. The molecule has 3 rings (SSSR count). The highest BCUT2D eigenvalue weighted by molar-refractivity contribution is 7.91. The molecule has 1 unspecified atom stereocenters. The molecule has 1 N–H and O–H groups in total. The maximum absolute atomic E-state index is 12.5. The molecule has 1 aliphatic heterocycles. The second-order valence-corrected chi connectivity index (χ2v) is 7.97. The number of nitrogens with one attached hydrogen (secondary N) is 1. The van der Waals surface area contributed by atoms with Crippen molar-refractivity contribution in [2.45, 2.75) is 16.7 Å². The van der Waals surface area contributed by atoms with Crippen LogP contribution in [0.1, 0.15) is 6.42 Å². The summed E-state index contributed by atoms with van der Waals surface area (Å²) < 4.78 is 32.3. The minimum absolute atomic E-state index is 0.216. The average Bonchev–Trinajstić information content (AvgIpc) is 3.19. The number of anilines is 1. The van der Waals surface area contributed by atoms with E-state index in [4.69, 9.17) is 4.74 Å². The molecular weight excluding hydrogens is 336 g/mol. The standard InChI is InChI=1S/C15H16N2O4S2/c1-21-12-6-4-11(5-7-12)17-9-8-13(15(17)18)16-23(19,20)14-3-2-10-22-14/h2-7,10,13,16H,8-9H2,1H3. The van der Waals surface area contributed by atoms with E-state index in [2.05, 4.69) is 4.72 Å². The highest BCUT2D eigenvalue weighted by Crippen LogP contribution is 2.25. The van der Waals surface area contributed by atoms with E-state index in [0.717, 1.165) is 17.0 Å². The molecule has 8 heteroatoms. The third-order valence-corrected chi connectivity index (χ3v) is 6.52. The average molecular weight is 352 g/mol. The molecule has 1 saturated heterocycles. The van der Waals surface area contributed by atoms with Crippen LogP contribution in [-0.2, 0) is 14.8 Å². The summed E-state index contributed by atoms with van der Waals surface area (Å²) in [5.41, 5.74) is 0.730. The molecule has 1 fully saturated rings. The van der Waals surface area contributed by atoms with Gasteiger partial charge in [0.1, 0.15) is 16.0 Å². The number of ether oxygens (including phenoxy) is 1. The molecule has 2 aromatic rings. The van der Waals surface area contributed by atoms with Gasteiger partial charge in [-0.25, -0.2) is 8.42 Å². The fourth-order valence-corrected chi connectivity index (χ4v) is 4.70. The summed E-state index contributed by atoms with van der Waals surface area (Å²) in [6, 6.07) is 9.56. The van der Waals surface area contributed by atoms with Gasteiger partial charge in [0.05, 0.1) is 7.11 Å². The maximum atomic E-state index is 12.5. The quantitative estimate of drug-likeness (QED) is 0.891. The Labute approximate surface area is 138 Å². The van der Waals surface area contributed by atoms with E-state index in [1.807, 2.05) is 0 Å². The van der Waals surface area contributed by atoms with Gasteiger partial charge in [-0.2, -0.15) is 4.72 Å². The molecule has 0 saturated carbocycles. The Kier molecular flexibility index (Phi) is 4.38. The van der Waals surface area contributed by atoms with Crippen molar-refractivity contribution in [1.82, 2.24) is 4.72 Å². The van der Waals surface area contributed by atoms with Crippen molar-refractivity contribution in [2.24, 2.45) is 0 Å². The van der Waals surface area contributed by atoms with Gasteiger partial charge < -0.3 is 9.64 Å². The molecule has 0 radical (unpaired) electrons. The van der Waals surface area contributed by atoms with E-state index in [1.165, 1.54) is 6.07 Å². The molecule has 0 spiro atoms. The van der Waals surface area contributed by atoms with E-state index in [1.54, 1.807) is 47.7 Å².